The number of amides is 3. The van der Waals surface area contributed by atoms with E-state index in [0.717, 1.165) is 11.1 Å². The third kappa shape index (κ3) is 6.96. The van der Waals surface area contributed by atoms with Crippen LogP contribution in [0.3, 0.4) is 0 Å². The zero-order chi connectivity index (χ0) is 29.7. The highest BCUT2D eigenvalue weighted by molar-refractivity contribution is 6.42. The first-order valence-electron chi connectivity index (χ1n) is 13.4. The molecular weight excluding hydrogens is 561 g/mol. The van der Waals surface area contributed by atoms with Crippen molar-refractivity contribution in [2.75, 3.05) is 32.1 Å². The van der Waals surface area contributed by atoms with E-state index < -0.39 is 18.0 Å². The van der Waals surface area contributed by atoms with E-state index in [4.69, 9.17) is 28.2 Å². The van der Waals surface area contributed by atoms with Crippen LogP contribution in [0.4, 0.5) is 5.69 Å². The van der Waals surface area contributed by atoms with Crippen molar-refractivity contribution in [3.63, 3.8) is 0 Å². The van der Waals surface area contributed by atoms with Gasteiger partial charge in [0.1, 0.15) is 6.54 Å². The summed E-state index contributed by atoms with van der Waals surface area (Å²) >= 11 is 12.2. The topological polar surface area (TPSA) is 85.3 Å². The highest BCUT2D eigenvalue weighted by Gasteiger charge is 2.35. The number of rotatable bonds is 9. The maximum atomic E-state index is 14.1. The third-order valence-corrected chi connectivity index (χ3v) is 7.61. The van der Waals surface area contributed by atoms with Crippen LogP contribution in [0.1, 0.15) is 30.5 Å². The van der Waals surface area contributed by atoms with Crippen molar-refractivity contribution < 1.29 is 14.4 Å². The molecule has 41 heavy (non-hydrogen) atoms. The molecule has 1 N–H and O–H groups in total. The molecule has 8 nitrogen and oxygen atoms in total. The fourth-order valence-electron chi connectivity index (χ4n) is 4.80. The molecule has 0 saturated carbocycles. The van der Waals surface area contributed by atoms with Crippen LogP contribution in [0, 0.1) is 5.92 Å². The molecule has 0 spiro atoms. The summed E-state index contributed by atoms with van der Waals surface area (Å²) in [6.45, 7) is 3.86. The van der Waals surface area contributed by atoms with Crippen molar-refractivity contribution in [3.8, 4) is 0 Å². The fraction of sp³-hybridized carbons (Fsp3) is 0.290. The number of likely N-dealkylation sites (N-methyl/N-ethyl adjacent to an activating group) is 1. The maximum Gasteiger partial charge on any atom is 0.272 e. The molecule has 0 bridgehead atoms. The van der Waals surface area contributed by atoms with Crippen LogP contribution in [0.25, 0.3) is 0 Å². The average molecular weight is 595 g/mol. The number of halogens is 2. The van der Waals surface area contributed by atoms with Gasteiger partial charge in [-0.2, -0.15) is 0 Å². The summed E-state index contributed by atoms with van der Waals surface area (Å²) in [7, 11) is 3.54. The molecule has 2 unspecified atom stereocenters. The average Bonchev–Trinajstić information content (AvgIpc) is 3.06. The van der Waals surface area contributed by atoms with Gasteiger partial charge in [0.05, 0.1) is 21.4 Å². The molecule has 0 radical (unpaired) electrons. The van der Waals surface area contributed by atoms with Gasteiger partial charge >= 0.3 is 0 Å². The Morgan fingerprint density at radius 2 is 1.68 bits per heavy atom. The van der Waals surface area contributed by atoms with Crippen LogP contribution in [-0.4, -0.2) is 66.8 Å². The number of para-hydroxylation sites is 1. The lowest BCUT2D eigenvalue weighted by atomic mass is 10.00. The Kier molecular flexibility index (Phi) is 9.81. The minimum absolute atomic E-state index is 0.218. The van der Waals surface area contributed by atoms with Crippen LogP contribution in [0.2, 0.25) is 10.0 Å². The van der Waals surface area contributed by atoms with Crippen molar-refractivity contribution >= 4 is 52.3 Å². The second-order valence-electron chi connectivity index (χ2n) is 10.0. The number of hydrogen-bond acceptors (Lipinski definition) is 5. The van der Waals surface area contributed by atoms with Crippen molar-refractivity contribution in [2.45, 2.75) is 26.4 Å². The first-order valence-corrected chi connectivity index (χ1v) is 14.1. The Hall–Kier alpha value is -3.72. The zero-order valence-electron chi connectivity index (χ0n) is 23.5. The molecule has 3 aromatic rings. The Balaban J connectivity index is 1.71. The molecule has 214 valence electrons. The molecule has 3 amide bonds. The quantitative estimate of drug-likeness (QED) is 0.360. The Morgan fingerprint density at radius 1 is 1.00 bits per heavy atom. The van der Waals surface area contributed by atoms with Crippen molar-refractivity contribution in [1.29, 1.82) is 0 Å². The second kappa shape index (κ2) is 13.3. The van der Waals surface area contributed by atoms with Crippen LogP contribution in [0.15, 0.2) is 77.8 Å². The summed E-state index contributed by atoms with van der Waals surface area (Å²) in [5.41, 5.74) is 3.40. The summed E-state index contributed by atoms with van der Waals surface area (Å²) in [6, 6.07) is 22.0. The summed E-state index contributed by atoms with van der Waals surface area (Å²) in [5, 5.41) is 6.92. The van der Waals surface area contributed by atoms with Crippen molar-refractivity contribution in [2.24, 2.45) is 10.9 Å². The predicted molar refractivity (Wildman–Crippen MR) is 163 cm³/mol. The number of nitrogens with zero attached hydrogens (tertiary/aromatic N) is 4. The molecule has 0 saturated heterocycles. The van der Waals surface area contributed by atoms with Crippen molar-refractivity contribution in [1.82, 2.24) is 15.3 Å². The third-order valence-electron chi connectivity index (χ3n) is 6.87. The van der Waals surface area contributed by atoms with Crippen LogP contribution >= 0.6 is 23.2 Å². The van der Waals surface area contributed by atoms with Crippen LogP contribution in [-0.2, 0) is 20.8 Å². The predicted octanol–water partition coefficient (Wildman–Crippen LogP) is 4.82. The van der Waals surface area contributed by atoms with E-state index in [1.165, 1.54) is 4.90 Å². The minimum Gasteiger partial charge on any atom is -0.326 e. The molecule has 2 atom stereocenters. The normalized spacial score (nSPS) is 15.6. The summed E-state index contributed by atoms with van der Waals surface area (Å²) in [4.78, 5) is 47.1. The number of carbonyl (C=O) groups excluding carboxylic acids is 3. The Bertz CT molecular complexity index is 1460. The molecule has 3 aromatic carbocycles. The highest BCUT2D eigenvalue weighted by atomic mass is 35.5. The number of hydrogen-bond donors (Lipinski definition) is 1. The molecule has 0 fully saturated rings. The molecule has 1 heterocycles. The first kappa shape index (κ1) is 30.2. The van der Waals surface area contributed by atoms with E-state index in [9.17, 15) is 14.4 Å². The van der Waals surface area contributed by atoms with Crippen LogP contribution in [0.5, 0.6) is 0 Å². The lowest BCUT2D eigenvalue weighted by Crippen LogP contribution is -2.53. The van der Waals surface area contributed by atoms with Gasteiger partial charge in [-0.25, -0.2) is 10.0 Å². The van der Waals surface area contributed by atoms with Gasteiger partial charge in [0.25, 0.3) is 11.8 Å². The number of anilines is 1. The van der Waals surface area contributed by atoms with Crippen LogP contribution < -0.4 is 10.2 Å². The van der Waals surface area contributed by atoms with Gasteiger partial charge in [-0.3, -0.25) is 24.3 Å². The molecule has 4 rings (SSSR count). The smallest absolute Gasteiger partial charge is 0.272 e. The molecule has 0 aliphatic carbocycles. The van der Waals surface area contributed by atoms with Gasteiger partial charge in [-0.15, -0.1) is 0 Å². The molecule has 1 aliphatic rings. The molecule has 0 aromatic heterocycles. The van der Waals surface area contributed by atoms with E-state index in [0.29, 0.717) is 40.0 Å². The van der Waals surface area contributed by atoms with E-state index in [1.54, 1.807) is 49.2 Å². The van der Waals surface area contributed by atoms with E-state index in [-0.39, 0.29) is 18.4 Å². The summed E-state index contributed by atoms with van der Waals surface area (Å²) in [5.74, 6) is -1.62. The number of benzene rings is 3. The molecule has 10 heteroatoms. The van der Waals surface area contributed by atoms with E-state index in [1.807, 2.05) is 61.5 Å². The first-order chi connectivity index (χ1) is 19.6. The summed E-state index contributed by atoms with van der Waals surface area (Å²) < 4.78 is 0. The molecule has 1 aliphatic heterocycles. The number of carbonyl (C=O) groups is 3. The summed E-state index contributed by atoms with van der Waals surface area (Å²) in [6.07, 6.45) is -0.862. The van der Waals surface area contributed by atoms with Crippen molar-refractivity contribution in [3.05, 3.63) is 99.5 Å². The number of hydrazine groups is 1. The maximum absolute atomic E-state index is 14.1. The lowest BCUT2D eigenvalue weighted by Gasteiger charge is -2.31. The van der Waals surface area contributed by atoms with Gasteiger partial charge < -0.3 is 5.32 Å². The van der Waals surface area contributed by atoms with E-state index in [2.05, 4.69) is 5.32 Å². The van der Waals surface area contributed by atoms with Gasteiger partial charge in [-0.1, -0.05) is 84.7 Å². The highest BCUT2D eigenvalue weighted by Crippen LogP contribution is 2.29. The standard InChI is InChI=1S/C31H33Cl2N5O3/c1-5-38(36(3)4)27(39)19-37-26-14-10-9-13-23(26)28(22-11-7-6-8-12-22)34-29(31(37)41)35-30(40)20(2)17-21-15-16-24(32)25(33)18-21/h6-16,18,20,29H,5,17,19H2,1-4H3,(H,35,40). The number of aliphatic imine (C=N–C) groups is 1. The van der Waals surface area contributed by atoms with E-state index >= 15 is 0 Å². The van der Waals surface area contributed by atoms with Gasteiger partial charge in [0.2, 0.25) is 12.1 Å². The van der Waals surface area contributed by atoms with Gasteiger partial charge in [0, 0.05) is 37.7 Å². The minimum atomic E-state index is -1.25. The SMILES string of the molecule is CCN(C(=O)CN1C(=O)C(NC(=O)C(C)Cc2ccc(Cl)c(Cl)c2)N=C(c2ccccc2)c2ccccc21)N(C)C. The molecular formula is C31H33Cl2N5O3. The second-order valence-corrected chi connectivity index (χ2v) is 10.8. The lowest BCUT2D eigenvalue weighted by molar-refractivity contribution is -0.143. The number of fused-ring (bicyclic) bond motifs is 1. The Morgan fingerprint density at radius 3 is 2.34 bits per heavy atom. The largest absolute Gasteiger partial charge is 0.326 e. The number of benzodiazepines with no additional fused rings is 1. The monoisotopic (exact) mass is 593 g/mol. The number of nitrogens with one attached hydrogen (secondary N) is 1. The van der Waals surface area contributed by atoms with Gasteiger partial charge in [0.15, 0.2) is 0 Å². The zero-order valence-corrected chi connectivity index (χ0v) is 25.0. The Labute approximate surface area is 250 Å². The fourth-order valence-corrected chi connectivity index (χ4v) is 5.12. The van der Waals surface area contributed by atoms with Gasteiger partial charge in [-0.05, 0) is 37.1 Å².